The van der Waals surface area contributed by atoms with Crippen LogP contribution in [-0.2, 0) is 4.74 Å². The van der Waals surface area contributed by atoms with E-state index < -0.39 is 11.5 Å². The number of rotatable bonds is 1. The molecule has 0 aliphatic carbocycles. The molecule has 1 amide bonds. The van der Waals surface area contributed by atoms with Crippen LogP contribution in [0, 0.1) is 17.3 Å². The van der Waals surface area contributed by atoms with E-state index in [1.165, 1.54) is 0 Å². The quantitative estimate of drug-likeness (QED) is 0.747. The lowest BCUT2D eigenvalue weighted by molar-refractivity contribution is 0.0204. The number of piperidine rings is 1. The number of carbonyl (C=O) groups excluding carboxylic acids is 1. The summed E-state index contributed by atoms with van der Waals surface area (Å²) in [5, 5.41) is 8.89. The van der Waals surface area contributed by atoms with E-state index in [0.717, 1.165) is 6.07 Å². The van der Waals surface area contributed by atoms with E-state index in [9.17, 15) is 9.18 Å². The van der Waals surface area contributed by atoms with Crippen molar-refractivity contribution in [2.45, 2.75) is 45.1 Å². The molecule has 1 aliphatic heterocycles. The number of nitrogens with zero attached hydrogens (tertiary/aromatic N) is 3. The Bertz CT molecular complexity index is 596. The lowest BCUT2D eigenvalue weighted by Crippen LogP contribution is -2.41. The molecule has 0 spiro atoms. The van der Waals surface area contributed by atoms with Crippen molar-refractivity contribution in [2.75, 3.05) is 13.1 Å². The molecule has 5 nitrogen and oxygen atoms in total. The molecule has 0 atom stereocenters. The largest absolute Gasteiger partial charge is 0.444 e. The number of nitriles is 1. The standard InChI is InChI=1S/C16H20FN3O2/c1-16(2,3)22-15(21)20-6-4-12(5-7-20)13-8-11(10-18)9-14(17)19-13/h8-9,12H,4-7H2,1-3H3. The summed E-state index contributed by atoms with van der Waals surface area (Å²) in [6.45, 7) is 6.58. The summed E-state index contributed by atoms with van der Waals surface area (Å²) in [7, 11) is 0. The van der Waals surface area contributed by atoms with Gasteiger partial charge in [-0.25, -0.2) is 9.78 Å². The fourth-order valence-electron chi connectivity index (χ4n) is 2.48. The van der Waals surface area contributed by atoms with E-state index >= 15 is 0 Å². The Balaban J connectivity index is 1.99. The second-order valence-electron chi connectivity index (χ2n) is 6.46. The average molecular weight is 305 g/mol. The molecule has 6 heteroatoms. The molecule has 2 heterocycles. The SMILES string of the molecule is CC(C)(C)OC(=O)N1CCC(c2cc(C#N)cc(F)n2)CC1. The number of ether oxygens (including phenoxy) is 1. The number of pyridine rings is 1. The van der Waals surface area contributed by atoms with Gasteiger partial charge in [0.25, 0.3) is 0 Å². The first-order valence-corrected chi connectivity index (χ1v) is 7.34. The molecule has 0 aromatic carbocycles. The third-order valence-corrected chi connectivity index (χ3v) is 3.51. The summed E-state index contributed by atoms with van der Waals surface area (Å²) in [5.41, 5.74) is 0.345. The van der Waals surface area contributed by atoms with Crippen LogP contribution in [0.1, 0.15) is 50.8 Å². The Morgan fingerprint density at radius 2 is 2.05 bits per heavy atom. The van der Waals surface area contributed by atoms with Crippen LogP contribution in [0.4, 0.5) is 9.18 Å². The summed E-state index contributed by atoms with van der Waals surface area (Å²) >= 11 is 0. The van der Waals surface area contributed by atoms with E-state index in [-0.39, 0.29) is 17.6 Å². The van der Waals surface area contributed by atoms with Crippen LogP contribution in [-0.4, -0.2) is 34.7 Å². The third kappa shape index (κ3) is 4.17. The van der Waals surface area contributed by atoms with Gasteiger partial charge < -0.3 is 9.64 Å². The van der Waals surface area contributed by atoms with Crippen LogP contribution in [0.3, 0.4) is 0 Å². The van der Waals surface area contributed by atoms with Gasteiger partial charge in [-0.2, -0.15) is 9.65 Å². The summed E-state index contributed by atoms with van der Waals surface area (Å²) in [6.07, 6.45) is 1.04. The fraction of sp³-hybridized carbons (Fsp3) is 0.562. The lowest BCUT2D eigenvalue weighted by Gasteiger charge is -2.33. The first kappa shape index (κ1) is 16.2. The van der Waals surface area contributed by atoms with E-state index in [0.29, 0.717) is 31.6 Å². The first-order valence-electron chi connectivity index (χ1n) is 7.34. The Morgan fingerprint density at radius 1 is 1.41 bits per heavy atom. The molecule has 2 rings (SSSR count). The van der Waals surface area contributed by atoms with Crippen molar-refractivity contribution in [3.05, 3.63) is 29.3 Å². The molecule has 118 valence electrons. The molecular formula is C16H20FN3O2. The van der Waals surface area contributed by atoms with Crippen LogP contribution in [0.25, 0.3) is 0 Å². The van der Waals surface area contributed by atoms with Crippen molar-refractivity contribution < 1.29 is 13.9 Å². The summed E-state index contributed by atoms with van der Waals surface area (Å²) < 4.78 is 18.8. The minimum Gasteiger partial charge on any atom is -0.444 e. The van der Waals surface area contributed by atoms with Crippen molar-refractivity contribution in [1.29, 1.82) is 5.26 Å². The van der Waals surface area contributed by atoms with Gasteiger partial charge >= 0.3 is 6.09 Å². The number of likely N-dealkylation sites (tertiary alicyclic amines) is 1. The van der Waals surface area contributed by atoms with Crippen LogP contribution in [0.5, 0.6) is 0 Å². The zero-order valence-electron chi connectivity index (χ0n) is 13.1. The normalized spacial score (nSPS) is 16.2. The highest BCUT2D eigenvalue weighted by atomic mass is 19.1. The zero-order valence-corrected chi connectivity index (χ0v) is 13.1. The first-order chi connectivity index (χ1) is 10.3. The predicted molar refractivity (Wildman–Crippen MR) is 78.7 cm³/mol. The Hall–Kier alpha value is -2.16. The second-order valence-corrected chi connectivity index (χ2v) is 6.46. The van der Waals surface area contributed by atoms with Crippen LogP contribution in [0.15, 0.2) is 12.1 Å². The summed E-state index contributed by atoms with van der Waals surface area (Å²) in [5.74, 6) is -0.579. The predicted octanol–water partition coefficient (Wildman–Crippen LogP) is 3.21. The smallest absolute Gasteiger partial charge is 0.410 e. The van der Waals surface area contributed by atoms with Crippen molar-refractivity contribution >= 4 is 6.09 Å². The molecule has 1 saturated heterocycles. The van der Waals surface area contributed by atoms with Gasteiger partial charge in [0.2, 0.25) is 5.95 Å². The third-order valence-electron chi connectivity index (χ3n) is 3.51. The van der Waals surface area contributed by atoms with Crippen molar-refractivity contribution in [2.24, 2.45) is 0 Å². The molecular weight excluding hydrogens is 285 g/mol. The van der Waals surface area contributed by atoms with Crippen molar-refractivity contribution in [3.63, 3.8) is 0 Å². The number of aromatic nitrogens is 1. The van der Waals surface area contributed by atoms with Gasteiger partial charge in [0, 0.05) is 30.8 Å². The topological polar surface area (TPSA) is 66.2 Å². The van der Waals surface area contributed by atoms with E-state index in [4.69, 9.17) is 10.00 Å². The summed E-state index contributed by atoms with van der Waals surface area (Å²) in [6, 6.07) is 4.68. The minimum absolute atomic E-state index is 0.0569. The van der Waals surface area contributed by atoms with Gasteiger partial charge in [-0.15, -0.1) is 0 Å². The number of hydrogen-bond donors (Lipinski definition) is 0. The molecule has 1 fully saturated rings. The highest BCUT2D eigenvalue weighted by molar-refractivity contribution is 5.68. The second kappa shape index (κ2) is 6.30. The highest BCUT2D eigenvalue weighted by Gasteiger charge is 2.28. The molecule has 1 aromatic rings. The van der Waals surface area contributed by atoms with Gasteiger partial charge in [0.15, 0.2) is 0 Å². The molecule has 22 heavy (non-hydrogen) atoms. The van der Waals surface area contributed by atoms with Crippen LogP contribution in [0.2, 0.25) is 0 Å². The average Bonchev–Trinajstić information content (AvgIpc) is 2.45. The Morgan fingerprint density at radius 3 is 2.59 bits per heavy atom. The minimum atomic E-state index is -0.636. The number of hydrogen-bond acceptors (Lipinski definition) is 4. The van der Waals surface area contributed by atoms with Gasteiger partial charge in [0.1, 0.15) is 5.60 Å². The molecule has 1 aliphatic rings. The molecule has 0 unspecified atom stereocenters. The maximum Gasteiger partial charge on any atom is 0.410 e. The Labute approximate surface area is 129 Å². The summed E-state index contributed by atoms with van der Waals surface area (Å²) in [4.78, 5) is 17.5. The Kier molecular flexibility index (Phi) is 4.65. The van der Waals surface area contributed by atoms with E-state index in [1.807, 2.05) is 26.8 Å². The van der Waals surface area contributed by atoms with Crippen molar-refractivity contribution in [3.8, 4) is 6.07 Å². The maximum atomic E-state index is 13.4. The number of carbonyl (C=O) groups is 1. The van der Waals surface area contributed by atoms with E-state index in [1.54, 1.807) is 11.0 Å². The number of halogens is 1. The molecule has 0 radical (unpaired) electrons. The highest BCUT2D eigenvalue weighted by Crippen LogP contribution is 2.28. The zero-order chi connectivity index (χ0) is 16.3. The van der Waals surface area contributed by atoms with Crippen LogP contribution < -0.4 is 0 Å². The van der Waals surface area contributed by atoms with Gasteiger partial charge in [-0.3, -0.25) is 0 Å². The number of amides is 1. The maximum absolute atomic E-state index is 13.4. The van der Waals surface area contributed by atoms with Crippen molar-refractivity contribution in [1.82, 2.24) is 9.88 Å². The van der Waals surface area contributed by atoms with E-state index in [2.05, 4.69) is 4.98 Å². The molecule has 0 N–H and O–H groups in total. The molecule has 1 aromatic heterocycles. The van der Waals surface area contributed by atoms with Gasteiger partial charge in [0.05, 0.1) is 11.6 Å². The van der Waals surface area contributed by atoms with Gasteiger partial charge in [-0.05, 0) is 39.7 Å². The molecule has 0 saturated carbocycles. The van der Waals surface area contributed by atoms with Crippen LogP contribution >= 0.6 is 0 Å². The fourth-order valence-corrected chi connectivity index (χ4v) is 2.48. The monoisotopic (exact) mass is 305 g/mol. The van der Waals surface area contributed by atoms with Gasteiger partial charge in [-0.1, -0.05) is 0 Å². The molecule has 0 bridgehead atoms. The lowest BCUT2D eigenvalue weighted by atomic mass is 9.92.